The number of hydrogen-bond acceptors (Lipinski definition) is 6. The third-order valence-corrected chi connectivity index (χ3v) is 4.05. The minimum Gasteiger partial charge on any atom is -0.382 e. The van der Waals surface area contributed by atoms with Crippen LogP contribution in [0.15, 0.2) is 67.4 Å². The number of carbonyl (C=O) groups is 2. The Bertz CT molecular complexity index is 1170. The number of urea groups is 1. The van der Waals surface area contributed by atoms with Crippen LogP contribution in [0.1, 0.15) is 10.4 Å². The molecule has 29 heavy (non-hydrogen) atoms. The van der Waals surface area contributed by atoms with Crippen molar-refractivity contribution in [2.24, 2.45) is 0 Å². The van der Waals surface area contributed by atoms with E-state index in [0.29, 0.717) is 28.1 Å². The van der Waals surface area contributed by atoms with Crippen LogP contribution >= 0.6 is 0 Å². The molecule has 10 heteroatoms. The number of rotatable bonds is 4. The zero-order chi connectivity index (χ0) is 20.2. The molecule has 0 fully saturated rings. The number of nitrogen functional groups attached to an aromatic ring is 1. The predicted molar refractivity (Wildman–Crippen MR) is 109 cm³/mol. The Morgan fingerprint density at radius 2 is 1.66 bits per heavy atom. The number of nitrogens with two attached hydrogens (primary N) is 1. The number of anilines is 4. The molecule has 0 bridgehead atoms. The summed E-state index contributed by atoms with van der Waals surface area (Å²) in [4.78, 5) is 32.4. The van der Waals surface area contributed by atoms with Crippen LogP contribution in [0.5, 0.6) is 0 Å². The smallest absolute Gasteiger partial charge is 0.323 e. The van der Waals surface area contributed by atoms with Crippen molar-refractivity contribution < 1.29 is 9.59 Å². The van der Waals surface area contributed by atoms with Gasteiger partial charge in [-0.3, -0.25) is 9.78 Å². The molecule has 0 aliphatic rings. The quantitative estimate of drug-likeness (QED) is 0.424. The first-order valence-electron chi connectivity index (χ1n) is 8.57. The molecule has 4 rings (SSSR count). The van der Waals surface area contributed by atoms with E-state index in [1.807, 2.05) is 0 Å². The van der Waals surface area contributed by atoms with Crippen LogP contribution in [0.25, 0.3) is 5.52 Å². The van der Waals surface area contributed by atoms with Gasteiger partial charge in [-0.2, -0.15) is 5.10 Å². The number of benzene rings is 1. The van der Waals surface area contributed by atoms with E-state index in [4.69, 9.17) is 5.73 Å². The highest BCUT2D eigenvalue weighted by molar-refractivity contribution is 6.10. The Balaban J connectivity index is 1.41. The van der Waals surface area contributed by atoms with Crippen molar-refractivity contribution >= 4 is 40.3 Å². The molecule has 0 radical (unpaired) electrons. The van der Waals surface area contributed by atoms with Gasteiger partial charge >= 0.3 is 6.03 Å². The lowest BCUT2D eigenvalue weighted by Crippen LogP contribution is -2.19. The van der Waals surface area contributed by atoms with E-state index in [-0.39, 0.29) is 11.7 Å². The maximum atomic E-state index is 12.6. The van der Waals surface area contributed by atoms with Gasteiger partial charge in [-0.05, 0) is 42.5 Å². The molecule has 0 saturated carbocycles. The zero-order valence-electron chi connectivity index (χ0n) is 15.0. The summed E-state index contributed by atoms with van der Waals surface area (Å²) >= 11 is 0. The highest BCUT2D eigenvalue weighted by Crippen LogP contribution is 2.19. The second-order valence-electron chi connectivity index (χ2n) is 6.02. The van der Waals surface area contributed by atoms with Crippen LogP contribution in [-0.2, 0) is 0 Å². The summed E-state index contributed by atoms with van der Waals surface area (Å²) in [5.41, 5.74) is 8.36. The molecule has 0 aliphatic carbocycles. The van der Waals surface area contributed by atoms with E-state index in [2.05, 4.69) is 31.0 Å². The van der Waals surface area contributed by atoms with E-state index >= 15 is 0 Å². The maximum Gasteiger partial charge on any atom is 0.323 e. The zero-order valence-corrected chi connectivity index (χ0v) is 15.0. The molecule has 0 unspecified atom stereocenters. The number of hydrogen-bond donors (Lipinski definition) is 4. The summed E-state index contributed by atoms with van der Waals surface area (Å²) in [6.45, 7) is 0. The first-order chi connectivity index (χ1) is 14.1. The molecule has 5 N–H and O–H groups in total. The number of pyridine rings is 1. The minimum atomic E-state index is -0.398. The summed E-state index contributed by atoms with van der Waals surface area (Å²) in [5.74, 6) is -0.127. The van der Waals surface area contributed by atoms with Gasteiger partial charge in [0.1, 0.15) is 11.8 Å². The fourth-order valence-electron chi connectivity index (χ4n) is 2.73. The van der Waals surface area contributed by atoms with Crippen LogP contribution in [-0.4, -0.2) is 31.5 Å². The lowest BCUT2D eigenvalue weighted by atomic mass is 10.2. The van der Waals surface area contributed by atoms with Crippen molar-refractivity contribution in [3.8, 4) is 0 Å². The van der Waals surface area contributed by atoms with Crippen LogP contribution in [0.2, 0.25) is 0 Å². The lowest BCUT2D eigenvalue weighted by Gasteiger charge is -2.09. The molecule has 10 nitrogen and oxygen atoms in total. The molecular weight excluding hydrogens is 372 g/mol. The summed E-state index contributed by atoms with van der Waals surface area (Å²) in [5, 5.41) is 12.2. The minimum absolute atomic E-state index is 0.217. The second-order valence-corrected chi connectivity index (χ2v) is 6.02. The summed E-state index contributed by atoms with van der Waals surface area (Å²) in [6.07, 6.45) is 6.12. The first-order valence-corrected chi connectivity index (χ1v) is 8.57. The van der Waals surface area contributed by atoms with Crippen molar-refractivity contribution in [1.29, 1.82) is 0 Å². The lowest BCUT2D eigenvalue weighted by molar-refractivity contribution is 0.102. The van der Waals surface area contributed by atoms with E-state index in [9.17, 15) is 9.59 Å². The summed E-state index contributed by atoms with van der Waals surface area (Å²) in [7, 11) is 0. The van der Waals surface area contributed by atoms with Gasteiger partial charge in [0.2, 0.25) is 0 Å². The molecule has 4 aromatic rings. The van der Waals surface area contributed by atoms with Gasteiger partial charge in [-0.25, -0.2) is 14.3 Å². The average Bonchev–Trinajstić information content (AvgIpc) is 3.16. The van der Waals surface area contributed by atoms with Gasteiger partial charge in [0.05, 0.1) is 17.4 Å². The summed E-state index contributed by atoms with van der Waals surface area (Å²) < 4.78 is 1.49. The Morgan fingerprint density at radius 3 is 2.38 bits per heavy atom. The van der Waals surface area contributed by atoms with Crippen molar-refractivity contribution in [1.82, 2.24) is 19.6 Å². The van der Waals surface area contributed by atoms with E-state index in [1.165, 1.54) is 10.8 Å². The van der Waals surface area contributed by atoms with E-state index < -0.39 is 6.03 Å². The molecule has 0 spiro atoms. The third-order valence-electron chi connectivity index (χ3n) is 4.05. The number of nitrogens with zero attached hydrogens (tertiary/aromatic N) is 4. The molecule has 0 saturated heterocycles. The van der Waals surface area contributed by atoms with Crippen LogP contribution in [0, 0.1) is 0 Å². The van der Waals surface area contributed by atoms with Crippen LogP contribution < -0.4 is 21.7 Å². The number of fused-ring (bicyclic) bond motifs is 1. The van der Waals surface area contributed by atoms with Crippen molar-refractivity contribution in [3.63, 3.8) is 0 Å². The number of nitrogens with one attached hydrogen (secondary N) is 3. The molecule has 0 aliphatic heterocycles. The van der Waals surface area contributed by atoms with Gasteiger partial charge in [-0.15, -0.1) is 0 Å². The van der Waals surface area contributed by atoms with Crippen LogP contribution in [0.3, 0.4) is 0 Å². The Morgan fingerprint density at radius 1 is 0.931 bits per heavy atom. The Hall–Kier alpha value is -4.47. The molecule has 1 aromatic carbocycles. The number of carbonyl (C=O) groups excluding carboxylic acids is 2. The highest BCUT2D eigenvalue weighted by atomic mass is 16.2. The van der Waals surface area contributed by atoms with E-state index in [0.717, 1.165) is 0 Å². The van der Waals surface area contributed by atoms with Crippen LogP contribution in [0.4, 0.5) is 27.7 Å². The van der Waals surface area contributed by atoms with Crippen molar-refractivity contribution in [2.45, 2.75) is 0 Å². The number of amides is 3. The molecular formula is C19H16N8O2. The molecule has 0 atom stereocenters. The molecule has 3 heterocycles. The fraction of sp³-hybridized carbons (Fsp3) is 0. The SMILES string of the molecule is Nc1ncnn2ccc(C(=O)Nc3ccc(NC(=O)Nc4cccnc4)cc3)c12. The second kappa shape index (κ2) is 7.64. The van der Waals surface area contributed by atoms with Gasteiger partial charge in [0, 0.05) is 23.8 Å². The predicted octanol–water partition coefficient (Wildman–Crippen LogP) is 2.60. The summed E-state index contributed by atoms with van der Waals surface area (Å²) in [6, 6.07) is 11.4. The van der Waals surface area contributed by atoms with Crippen molar-refractivity contribution in [2.75, 3.05) is 21.7 Å². The standard InChI is InChI=1S/C19H16N8O2/c20-17-16-15(7-9-27(16)23-11-22-17)18(28)24-12-3-5-13(6-4-12)25-19(29)26-14-2-1-8-21-10-14/h1-11H,(H,24,28)(H2,20,22,23)(H2,25,26,29). The van der Waals surface area contributed by atoms with Crippen molar-refractivity contribution in [3.05, 3.63) is 72.9 Å². The van der Waals surface area contributed by atoms with Gasteiger partial charge in [0.15, 0.2) is 5.82 Å². The van der Waals surface area contributed by atoms with Gasteiger partial charge < -0.3 is 21.7 Å². The average molecular weight is 388 g/mol. The van der Waals surface area contributed by atoms with Gasteiger partial charge in [-0.1, -0.05) is 0 Å². The highest BCUT2D eigenvalue weighted by Gasteiger charge is 2.15. The fourth-order valence-corrected chi connectivity index (χ4v) is 2.73. The number of aromatic nitrogens is 4. The van der Waals surface area contributed by atoms with E-state index in [1.54, 1.807) is 61.1 Å². The maximum absolute atomic E-state index is 12.6. The Kier molecular flexibility index (Phi) is 4.72. The molecule has 3 amide bonds. The monoisotopic (exact) mass is 388 g/mol. The third kappa shape index (κ3) is 3.95. The Labute approximate surface area is 164 Å². The first kappa shape index (κ1) is 17.9. The van der Waals surface area contributed by atoms with Gasteiger partial charge in [0.25, 0.3) is 5.91 Å². The molecule has 3 aromatic heterocycles. The topological polar surface area (TPSA) is 139 Å². The largest absolute Gasteiger partial charge is 0.382 e. The normalized spacial score (nSPS) is 10.5. The molecule has 144 valence electrons.